The molecule has 4 rings (SSSR count). The lowest BCUT2D eigenvalue weighted by molar-refractivity contribution is -0.139. The number of amides is 1. The van der Waals surface area contributed by atoms with E-state index in [2.05, 4.69) is 10.3 Å². The Balaban J connectivity index is 1.85. The van der Waals surface area contributed by atoms with Crippen molar-refractivity contribution in [2.24, 2.45) is 4.99 Å². The quantitative estimate of drug-likeness (QED) is 0.592. The van der Waals surface area contributed by atoms with E-state index in [1.54, 1.807) is 36.6 Å². The standard InChI is InChI=1S/C25H23N3O4S/c1-4-32-24(31)21-15(2)26-25-28(22(21)18-8-6-5-7-9-18)23(30)20(33-25)14-17-10-12-19(13-11-17)27-16(3)29/h5-14,22H,4H2,1-3H3,(H,27,29). The number of rotatable bonds is 5. The number of allylic oxidation sites excluding steroid dienone is 1. The van der Waals surface area contributed by atoms with Gasteiger partial charge in [0, 0.05) is 12.6 Å². The Hall–Kier alpha value is -3.78. The summed E-state index contributed by atoms with van der Waals surface area (Å²) in [5.74, 6) is -0.625. The number of benzene rings is 2. The molecule has 3 aromatic rings. The normalized spacial score (nSPS) is 15.6. The van der Waals surface area contributed by atoms with E-state index >= 15 is 0 Å². The van der Waals surface area contributed by atoms with Gasteiger partial charge in [-0.2, -0.15) is 0 Å². The second kappa shape index (κ2) is 9.38. The highest BCUT2D eigenvalue weighted by molar-refractivity contribution is 7.07. The van der Waals surface area contributed by atoms with E-state index in [4.69, 9.17) is 4.74 Å². The fraction of sp³-hybridized carbons (Fsp3) is 0.200. The third-order valence-corrected chi connectivity index (χ3v) is 6.14. The molecule has 33 heavy (non-hydrogen) atoms. The van der Waals surface area contributed by atoms with Gasteiger partial charge in [0.15, 0.2) is 4.80 Å². The number of thiazole rings is 1. The maximum Gasteiger partial charge on any atom is 0.338 e. The number of ether oxygens (including phenoxy) is 1. The van der Waals surface area contributed by atoms with Crippen LogP contribution in [0.3, 0.4) is 0 Å². The highest BCUT2D eigenvalue weighted by atomic mass is 32.1. The van der Waals surface area contributed by atoms with Gasteiger partial charge < -0.3 is 10.1 Å². The van der Waals surface area contributed by atoms with Crippen molar-refractivity contribution < 1.29 is 14.3 Å². The zero-order valence-electron chi connectivity index (χ0n) is 18.5. The van der Waals surface area contributed by atoms with Crippen molar-refractivity contribution in [1.29, 1.82) is 0 Å². The van der Waals surface area contributed by atoms with Crippen molar-refractivity contribution in [2.75, 3.05) is 11.9 Å². The van der Waals surface area contributed by atoms with Crippen LogP contribution in [0.2, 0.25) is 0 Å². The van der Waals surface area contributed by atoms with E-state index < -0.39 is 12.0 Å². The lowest BCUT2D eigenvalue weighted by Gasteiger charge is -2.24. The molecule has 2 aromatic carbocycles. The maximum absolute atomic E-state index is 13.5. The van der Waals surface area contributed by atoms with Crippen LogP contribution >= 0.6 is 11.3 Å². The van der Waals surface area contributed by atoms with Gasteiger partial charge in [-0.1, -0.05) is 53.8 Å². The number of carbonyl (C=O) groups is 2. The Bertz CT molecular complexity index is 1420. The Morgan fingerprint density at radius 1 is 1.15 bits per heavy atom. The van der Waals surface area contributed by atoms with Gasteiger partial charge in [0.05, 0.1) is 28.5 Å². The number of aromatic nitrogens is 1. The van der Waals surface area contributed by atoms with Crippen LogP contribution in [-0.4, -0.2) is 23.1 Å². The Labute approximate surface area is 194 Å². The van der Waals surface area contributed by atoms with Crippen LogP contribution in [0.15, 0.2) is 75.7 Å². The molecule has 0 bridgehead atoms. The number of esters is 1. The molecule has 0 radical (unpaired) electrons. The molecule has 8 heteroatoms. The molecule has 0 saturated carbocycles. The molecule has 168 valence electrons. The summed E-state index contributed by atoms with van der Waals surface area (Å²) in [6.07, 6.45) is 1.78. The van der Waals surface area contributed by atoms with Crippen LogP contribution in [0.4, 0.5) is 5.69 Å². The molecule has 1 atom stereocenters. The van der Waals surface area contributed by atoms with Crippen LogP contribution in [0.25, 0.3) is 6.08 Å². The molecule has 1 aliphatic rings. The summed E-state index contributed by atoms with van der Waals surface area (Å²) in [7, 11) is 0. The first-order chi connectivity index (χ1) is 15.9. The largest absolute Gasteiger partial charge is 0.463 e. The summed E-state index contributed by atoms with van der Waals surface area (Å²) in [6.45, 7) is 5.19. The lowest BCUT2D eigenvalue weighted by atomic mass is 9.96. The van der Waals surface area contributed by atoms with Gasteiger partial charge in [0.2, 0.25) is 5.91 Å². The van der Waals surface area contributed by atoms with Crippen molar-refractivity contribution in [3.05, 3.63) is 96.7 Å². The lowest BCUT2D eigenvalue weighted by Crippen LogP contribution is -2.39. The third kappa shape index (κ3) is 4.56. The highest BCUT2D eigenvalue weighted by Gasteiger charge is 2.33. The van der Waals surface area contributed by atoms with Gasteiger partial charge in [-0.05, 0) is 43.2 Å². The van der Waals surface area contributed by atoms with Crippen molar-refractivity contribution in [3.63, 3.8) is 0 Å². The summed E-state index contributed by atoms with van der Waals surface area (Å²) >= 11 is 1.27. The highest BCUT2D eigenvalue weighted by Crippen LogP contribution is 2.30. The Morgan fingerprint density at radius 3 is 2.48 bits per heavy atom. The van der Waals surface area contributed by atoms with Crippen molar-refractivity contribution in [2.45, 2.75) is 26.8 Å². The first-order valence-electron chi connectivity index (χ1n) is 10.5. The molecular formula is C25H23N3O4S. The zero-order chi connectivity index (χ0) is 23.5. The van der Waals surface area contributed by atoms with Gasteiger partial charge >= 0.3 is 5.97 Å². The predicted octanol–water partition coefficient (Wildman–Crippen LogP) is 2.76. The minimum atomic E-state index is -0.620. The number of fused-ring (bicyclic) bond motifs is 1. The number of nitrogens with zero attached hydrogens (tertiary/aromatic N) is 2. The summed E-state index contributed by atoms with van der Waals surface area (Å²) in [6, 6.07) is 16.0. The molecule has 0 fully saturated rings. The molecular weight excluding hydrogens is 438 g/mol. The minimum absolute atomic E-state index is 0.148. The van der Waals surface area contributed by atoms with Crippen LogP contribution in [-0.2, 0) is 14.3 Å². The number of hydrogen-bond donors (Lipinski definition) is 1. The first kappa shape index (κ1) is 22.4. The summed E-state index contributed by atoms with van der Waals surface area (Å²) in [4.78, 5) is 42.7. The SMILES string of the molecule is CCOC(=O)C1=C(C)N=c2sc(=Cc3ccc(NC(C)=O)cc3)c(=O)n2C1c1ccccc1. The monoisotopic (exact) mass is 461 g/mol. The maximum atomic E-state index is 13.5. The third-order valence-electron chi connectivity index (χ3n) is 5.16. The number of carbonyl (C=O) groups excluding carboxylic acids is 2. The topological polar surface area (TPSA) is 89.8 Å². The van der Waals surface area contributed by atoms with Crippen LogP contribution in [0, 0.1) is 0 Å². The van der Waals surface area contributed by atoms with Crippen LogP contribution in [0.5, 0.6) is 0 Å². The summed E-state index contributed by atoms with van der Waals surface area (Å²) in [5, 5.41) is 2.72. The molecule has 0 spiro atoms. The zero-order valence-corrected chi connectivity index (χ0v) is 19.3. The fourth-order valence-corrected chi connectivity index (χ4v) is 4.81. The molecule has 1 amide bonds. The van der Waals surface area contributed by atoms with Crippen LogP contribution < -0.4 is 20.2 Å². The van der Waals surface area contributed by atoms with E-state index in [9.17, 15) is 14.4 Å². The van der Waals surface area contributed by atoms with E-state index in [-0.39, 0.29) is 18.1 Å². The van der Waals surface area contributed by atoms with Gasteiger partial charge in [-0.25, -0.2) is 9.79 Å². The van der Waals surface area contributed by atoms with E-state index in [1.165, 1.54) is 18.3 Å². The van der Waals surface area contributed by atoms with E-state index in [0.29, 0.717) is 26.3 Å². The average Bonchev–Trinajstić information content (AvgIpc) is 3.09. The Morgan fingerprint density at radius 2 is 1.85 bits per heavy atom. The van der Waals surface area contributed by atoms with Gasteiger partial charge in [0.25, 0.3) is 5.56 Å². The average molecular weight is 462 g/mol. The molecule has 1 N–H and O–H groups in total. The Kier molecular flexibility index (Phi) is 6.37. The number of anilines is 1. The van der Waals surface area contributed by atoms with Gasteiger partial charge in [-0.15, -0.1) is 0 Å². The number of nitrogens with one attached hydrogen (secondary N) is 1. The fourth-order valence-electron chi connectivity index (χ4n) is 3.76. The second-order valence-electron chi connectivity index (χ2n) is 7.52. The number of hydrogen-bond acceptors (Lipinski definition) is 6. The molecule has 1 unspecified atom stereocenters. The van der Waals surface area contributed by atoms with Gasteiger partial charge in [0.1, 0.15) is 0 Å². The molecule has 0 aliphatic carbocycles. The van der Waals surface area contributed by atoms with Crippen LogP contribution in [0.1, 0.15) is 37.9 Å². The predicted molar refractivity (Wildman–Crippen MR) is 128 cm³/mol. The second-order valence-corrected chi connectivity index (χ2v) is 8.53. The minimum Gasteiger partial charge on any atom is -0.463 e. The first-order valence-corrected chi connectivity index (χ1v) is 11.3. The molecule has 1 aromatic heterocycles. The summed E-state index contributed by atoms with van der Waals surface area (Å²) in [5.41, 5.74) is 2.97. The molecule has 7 nitrogen and oxygen atoms in total. The van der Waals surface area contributed by atoms with E-state index in [1.807, 2.05) is 42.5 Å². The smallest absolute Gasteiger partial charge is 0.338 e. The van der Waals surface area contributed by atoms with E-state index in [0.717, 1.165) is 11.1 Å². The molecule has 1 aliphatic heterocycles. The molecule has 0 saturated heterocycles. The van der Waals surface area contributed by atoms with Crippen molar-refractivity contribution in [3.8, 4) is 0 Å². The van der Waals surface area contributed by atoms with Gasteiger partial charge in [-0.3, -0.25) is 14.2 Å². The molecule has 2 heterocycles. The summed E-state index contributed by atoms with van der Waals surface area (Å²) < 4.78 is 7.36. The van der Waals surface area contributed by atoms with Crippen molar-refractivity contribution in [1.82, 2.24) is 4.57 Å². The van der Waals surface area contributed by atoms with Crippen molar-refractivity contribution >= 4 is 35.0 Å².